The van der Waals surface area contributed by atoms with E-state index in [2.05, 4.69) is 11.9 Å². The van der Waals surface area contributed by atoms with E-state index in [0.29, 0.717) is 6.42 Å². The van der Waals surface area contributed by atoms with Crippen molar-refractivity contribution in [3.63, 3.8) is 0 Å². The molecule has 1 amide bonds. The first-order valence-corrected chi connectivity index (χ1v) is 3.69. The lowest BCUT2D eigenvalue weighted by Crippen LogP contribution is -2.16. The van der Waals surface area contributed by atoms with Gasteiger partial charge in [0.25, 0.3) is 0 Å². The topological polar surface area (TPSA) is 29.1 Å². The highest BCUT2D eigenvalue weighted by Gasteiger charge is 1.96. The van der Waals surface area contributed by atoms with Gasteiger partial charge in [-0.25, -0.2) is 0 Å². The van der Waals surface area contributed by atoms with Gasteiger partial charge in [-0.2, -0.15) is 0 Å². The average Bonchev–Trinajstić information content (AvgIpc) is 2.01. The molecule has 2 nitrogen and oxygen atoms in total. The molecule has 0 fully saturated rings. The highest BCUT2D eigenvalue weighted by atomic mass is 16.1. The summed E-state index contributed by atoms with van der Waals surface area (Å²) in [6.07, 6.45) is 5.03. The van der Waals surface area contributed by atoms with Crippen LogP contribution in [-0.2, 0) is 4.79 Å². The summed E-state index contributed by atoms with van der Waals surface area (Å²) in [5, 5.41) is 2.57. The van der Waals surface area contributed by atoms with Crippen LogP contribution in [0.4, 0.5) is 0 Å². The second kappa shape index (κ2) is 5.71. The maximum atomic E-state index is 10.8. The van der Waals surface area contributed by atoms with Crippen LogP contribution >= 0.6 is 0 Å². The Kier molecular flexibility index (Phi) is 5.17. The molecule has 0 radical (unpaired) electrons. The number of nitrogens with one attached hydrogen (secondary N) is 1. The molecule has 0 aromatic carbocycles. The Morgan fingerprint density at radius 1 is 1.55 bits per heavy atom. The minimum absolute atomic E-state index is 0.0850. The van der Waals surface area contributed by atoms with Crippen molar-refractivity contribution in [3.8, 4) is 0 Å². The first-order chi connectivity index (χ1) is 5.20. The van der Waals surface area contributed by atoms with Crippen LogP contribution in [0.25, 0.3) is 0 Å². The maximum Gasteiger partial charge on any atom is 0.220 e. The molecular weight excluding hydrogens is 138 g/mol. The Labute approximate surface area is 68.0 Å². The van der Waals surface area contributed by atoms with Crippen LogP contribution in [0.3, 0.4) is 0 Å². The van der Waals surface area contributed by atoms with Crippen LogP contribution in [0.1, 0.15) is 19.8 Å². The van der Waals surface area contributed by atoms with E-state index in [-0.39, 0.29) is 5.91 Å². The third-order valence-corrected chi connectivity index (χ3v) is 1.43. The van der Waals surface area contributed by atoms with Gasteiger partial charge in [-0.3, -0.25) is 4.79 Å². The van der Waals surface area contributed by atoms with Crippen molar-refractivity contribution >= 4 is 5.91 Å². The molecule has 0 saturated heterocycles. The van der Waals surface area contributed by atoms with Crippen molar-refractivity contribution in [2.24, 2.45) is 0 Å². The zero-order valence-electron chi connectivity index (χ0n) is 7.18. The number of hydrogen-bond acceptors (Lipinski definition) is 1. The maximum absolute atomic E-state index is 10.8. The minimum Gasteiger partial charge on any atom is -0.359 e. The number of rotatable bonds is 4. The Balaban J connectivity index is 3.61. The molecule has 0 saturated carbocycles. The molecule has 0 aromatic rings. The summed E-state index contributed by atoms with van der Waals surface area (Å²) in [7, 11) is 1.65. The lowest BCUT2D eigenvalue weighted by atomic mass is 10.1. The van der Waals surface area contributed by atoms with Gasteiger partial charge < -0.3 is 5.32 Å². The van der Waals surface area contributed by atoms with Gasteiger partial charge in [0, 0.05) is 13.5 Å². The van der Waals surface area contributed by atoms with Gasteiger partial charge in [0.15, 0.2) is 0 Å². The zero-order valence-corrected chi connectivity index (χ0v) is 7.18. The van der Waals surface area contributed by atoms with Crippen molar-refractivity contribution in [2.75, 3.05) is 7.05 Å². The molecular formula is C9H15NO. The number of amides is 1. The van der Waals surface area contributed by atoms with Crippen LogP contribution < -0.4 is 5.32 Å². The van der Waals surface area contributed by atoms with Crippen molar-refractivity contribution in [1.82, 2.24) is 5.32 Å². The lowest BCUT2D eigenvalue weighted by molar-refractivity contribution is -0.120. The van der Waals surface area contributed by atoms with Crippen molar-refractivity contribution in [3.05, 3.63) is 24.3 Å². The van der Waals surface area contributed by atoms with Gasteiger partial charge in [-0.1, -0.05) is 24.3 Å². The molecule has 0 unspecified atom stereocenters. The predicted molar refractivity (Wildman–Crippen MR) is 47.3 cm³/mol. The fourth-order valence-electron chi connectivity index (χ4n) is 0.720. The number of allylic oxidation sites excluding steroid dienone is 3. The molecule has 0 aliphatic rings. The quantitative estimate of drug-likeness (QED) is 0.611. The highest BCUT2D eigenvalue weighted by Crippen LogP contribution is 2.02. The largest absolute Gasteiger partial charge is 0.359 e. The van der Waals surface area contributed by atoms with E-state index in [1.807, 2.05) is 13.0 Å². The van der Waals surface area contributed by atoms with Crippen LogP contribution in [0, 0.1) is 0 Å². The van der Waals surface area contributed by atoms with E-state index in [0.717, 1.165) is 6.42 Å². The van der Waals surface area contributed by atoms with E-state index in [1.54, 1.807) is 13.1 Å². The van der Waals surface area contributed by atoms with E-state index >= 15 is 0 Å². The van der Waals surface area contributed by atoms with Gasteiger partial charge in [0.1, 0.15) is 0 Å². The lowest BCUT2D eigenvalue weighted by Gasteiger charge is -1.98. The standard InChI is InChI=1S/C9H15NO/c1-4-5-8(2)6-7-9(11)10-3/h4-5H,1,6-7H2,2-3H3,(H,10,11)/b8-5+. The van der Waals surface area contributed by atoms with Crippen LogP contribution in [0.5, 0.6) is 0 Å². The monoisotopic (exact) mass is 153 g/mol. The molecule has 11 heavy (non-hydrogen) atoms. The van der Waals surface area contributed by atoms with Gasteiger partial charge in [0.05, 0.1) is 0 Å². The molecule has 62 valence electrons. The molecule has 2 heteroatoms. The van der Waals surface area contributed by atoms with Gasteiger partial charge in [0.2, 0.25) is 5.91 Å². The van der Waals surface area contributed by atoms with Crippen LogP contribution in [-0.4, -0.2) is 13.0 Å². The molecule has 0 bridgehead atoms. The molecule has 0 spiro atoms. The van der Waals surface area contributed by atoms with Crippen molar-refractivity contribution in [2.45, 2.75) is 19.8 Å². The third-order valence-electron chi connectivity index (χ3n) is 1.43. The van der Waals surface area contributed by atoms with Gasteiger partial charge in [-0.05, 0) is 13.3 Å². The number of carbonyl (C=O) groups is 1. The van der Waals surface area contributed by atoms with Crippen LogP contribution in [0.15, 0.2) is 24.3 Å². The summed E-state index contributed by atoms with van der Waals surface area (Å²) in [4.78, 5) is 10.8. The molecule has 0 aliphatic carbocycles. The smallest absolute Gasteiger partial charge is 0.220 e. The molecule has 1 N–H and O–H groups in total. The van der Waals surface area contributed by atoms with Crippen molar-refractivity contribution < 1.29 is 4.79 Å². The zero-order chi connectivity index (χ0) is 8.69. The Hall–Kier alpha value is -1.05. The fourth-order valence-corrected chi connectivity index (χ4v) is 0.720. The summed E-state index contributed by atoms with van der Waals surface area (Å²) in [5.74, 6) is 0.0850. The Bertz CT molecular complexity index is 170. The Morgan fingerprint density at radius 3 is 2.64 bits per heavy atom. The predicted octanol–water partition coefficient (Wildman–Crippen LogP) is 1.64. The van der Waals surface area contributed by atoms with Gasteiger partial charge in [-0.15, -0.1) is 0 Å². The second-order valence-corrected chi connectivity index (χ2v) is 2.42. The van der Waals surface area contributed by atoms with E-state index in [4.69, 9.17) is 0 Å². The number of carbonyl (C=O) groups excluding carboxylic acids is 1. The second-order valence-electron chi connectivity index (χ2n) is 2.42. The molecule has 0 aliphatic heterocycles. The molecule has 0 atom stereocenters. The van der Waals surface area contributed by atoms with E-state index in [1.165, 1.54) is 5.57 Å². The SMILES string of the molecule is C=C/C=C(\C)CCC(=O)NC. The summed E-state index contributed by atoms with van der Waals surface area (Å²) in [6.45, 7) is 5.56. The van der Waals surface area contributed by atoms with Crippen LogP contribution in [0.2, 0.25) is 0 Å². The van der Waals surface area contributed by atoms with Gasteiger partial charge >= 0.3 is 0 Å². The highest BCUT2D eigenvalue weighted by molar-refractivity contribution is 5.75. The molecule has 0 heterocycles. The average molecular weight is 153 g/mol. The molecule has 0 aromatic heterocycles. The Morgan fingerprint density at radius 2 is 2.18 bits per heavy atom. The first-order valence-electron chi connectivity index (χ1n) is 3.69. The summed E-state index contributed by atoms with van der Waals surface area (Å²) < 4.78 is 0. The van der Waals surface area contributed by atoms with E-state index < -0.39 is 0 Å². The molecule has 0 rings (SSSR count). The normalized spacial score (nSPS) is 10.9. The summed E-state index contributed by atoms with van der Waals surface area (Å²) in [5.41, 5.74) is 1.18. The van der Waals surface area contributed by atoms with E-state index in [9.17, 15) is 4.79 Å². The third kappa shape index (κ3) is 5.40. The fraction of sp³-hybridized carbons (Fsp3) is 0.444. The summed E-state index contributed by atoms with van der Waals surface area (Å²) >= 11 is 0. The number of hydrogen-bond donors (Lipinski definition) is 1. The first kappa shape index (κ1) is 9.95. The minimum atomic E-state index is 0.0850. The summed E-state index contributed by atoms with van der Waals surface area (Å²) in [6, 6.07) is 0. The van der Waals surface area contributed by atoms with Crippen molar-refractivity contribution in [1.29, 1.82) is 0 Å².